The summed E-state index contributed by atoms with van der Waals surface area (Å²) in [6.45, 7) is 2.14. The van der Waals surface area contributed by atoms with E-state index in [0.717, 1.165) is 18.6 Å². The van der Waals surface area contributed by atoms with Gasteiger partial charge in [-0.25, -0.2) is 0 Å². The van der Waals surface area contributed by atoms with Crippen LogP contribution in [0.1, 0.15) is 34.6 Å². The molecule has 60 valence electrons. The van der Waals surface area contributed by atoms with Gasteiger partial charge in [-0.2, -0.15) is 25.3 Å². The summed E-state index contributed by atoms with van der Waals surface area (Å²) in [5, 5.41) is 0.567. The molecule has 0 amide bonds. The fourth-order valence-corrected chi connectivity index (χ4v) is 0.998. The Bertz CT molecular complexity index is 37.9. The fourth-order valence-electron chi connectivity index (χ4n) is 0.353. The van der Waals surface area contributed by atoms with Gasteiger partial charge in [0.25, 0.3) is 0 Å². The second-order valence-electron chi connectivity index (χ2n) is 1.57. The van der Waals surface area contributed by atoms with Crippen molar-refractivity contribution < 1.29 is 0 Å². The Morgan fingerprint density at radius 2 is 1.78 bits per heavy atom. The minimum absolute atomic E-state index is 0. The minimum atomic E-state index is 0. The zero-order valence-corrected chi connectivity index (χ0v) is 6.38. The van der Waals surface area contributed by atoms with Crippen LogP contribution in [0.2, 0.25) is 0 Å². The molecule has 0 heterocycles. The number of hydrogen-bond acceptors (Lipinski definition) is 2. The van der Waals surface area contributed by atoms with Crippen molar-refractivity contribution in [1.82, 2.24) is 0 Å². The molecule has 0 spiro atoms. The maximum Gasteiger partial charge on any atom is 0.00219 e. The van der Waals surface area contributed by atoms with Crippen LogP contribution >= 0.6 is 25.3 Å². The molecule has 0 rings (SSSR count). The summed E-state index contributed by atoms with van der Waals surface area (Å²) in [5.74, 6) is 0.960. The van der Waals surface area contributed by atoms with Crippen molar-refractivity contribution in [2.24, 2.45) is 0 Å². The lowest BCUT2D eigenvalue weighted by Crippen LogP contribution is -1.95. The third-order valence-electron chi connectivity index (χ3n) is 0.934. The Kier molecular flexibility index (Phi) is 20.9. The Morgan fingerprint density at radius 3 is 1.89 bits per heavy atom. The molecule has 9 heavy (non-hydrogen) atoms. The molecule has 1 unspecified atom stereocenters. The Labute approximate surface area is 71.3 Å². The van der Waals surface area contributed by atoms with Crippen LogP contribution in [0.25, 0.3) is 0 Å². The number of hydrogen-bond donors (Lipinski definition) is 2. The lowest BCUT2D eigenvalue weighted by atomic mass is 10.3. The zero-order valence-electron chi connectivity index (χ0n) is 4.59. The highest BCUT2D eigenvalue weighted by Gasteiger charge is 1.94. The van der Waals surface area contributed by atoms with Crippen LogP contribution in [0.3, 0.4) is 0 Å². The second kappa shape index (κ2) is 11.5. The van der Waals surface area contributed by atoms with E-state index in [0.29, 0.717) is 5.25 Å². The molecule has 0 aliphatic carbocycles. The Morgan fingerprint density at radius 1 is 1.33 bits per heavy atom. The van der Waals surface area contributed by atoms with Gasteiger partial charge in [-0.3, -0.25) is 0 Å². The van der Waals surface area contributed by atoms with Crippen molar-refractivity contribution in [2.75, 3.05) is 5.75 Å². The summed E-state index contributed by atoms with van der Waals surface area (Å²) in [7, 11) is 0. The largest absolute Gasteiger partial charge is 0.179 e. The first-order valence-electron chi connectivity index (χ1n) is 2.60. The first kappa shape index (κ1) is 16.4. The third kappa shape index (κ3) is 12.0. The summed E-state index contributed by atoms with van der Waals surface area (Å²) in [6, 6.07) is 0. The highest BCUT2D eigenvalue weighted by atomic mass is 32.1. The first-order chi connectivity index (χ1) is 3.31. The molecule has 0 saturated carbocycles. The van der Waals surface area contributed by atoms with Crippen molar-refractivity contribution in [3.05, 3.63) is 0 Å². The molecule has 0 aliphatic heterocycles. The molecule has 0 bridgehead atoms. The molecular weight excluding hydrogens is 148 g/mol. The van der Waals surface area contributed by atoms with Gasteiger partial charge in [0.15, 0.2) is 0 Å². The van der Waals surface area contributed by atoms with Gasteiger partial charge in [0.1, 0.15) is 0 Å². The van der Waals surface area contributed by atoms with E-state index in [1.807, 2.05) is 0 Å². The summed E-state index contributed by atoms with van der Waals surface area (Å²) in [6.07, 6.45) is 2.28. The Balaban J connectivity index is -0.000000180. The van der Waals surface area contributed by atoms with E-state index in [4.69, 9.17) is 0 Å². The van der Waals surface area contributed by atoms with Gasteiger partial charge in [0.05, 0.1) is 0 Å². The van der Waals surface area contributed by atoms with Crippen LogP contribution in [0.15, 0.2) is 0 Å². The Hall–Kier alpha value is 0.700. The number of rotatable bonds is 3. The molecule has 0 radical (unpaired) electrons. The van der Waals surface area contributed by atoms with Crippen LogP contribution in [0.4, 0.5) is 0 Å². The van der Waals surface area contributed by atoms with Crippen LogP contribution in [-0.4, -0.2) is 11.0 Å². The van der Waals surface area contributed by atoms with Gasteiger partial charge < -0.3 is 0 Å². The average molecular weight is 168 g/mol. The van der Waals surface area contributed by atoms with Crippen molar-refractivity contribution in [3.63, 3.8) is 0 Å². The SMILES string of the molecule is C.C.CCC(S)CCS. The van der Waals surface area contributed by atoms with Crippen LogP contribution in [-0.2, 0) is 0 Å². The molecule has 2 heteroatoms. The van der Waals surface area contributed by atoms with Crippen molar-refractivity contribution in [1.29, 1.82) is 0 Å². The number of thiol groups is 2. The maximum absolute atomic E-state index is 4.26. The van der Waals surface area contributed by atoms with Gasteiger partial charge in [0, 0.05) is 5.25 Å². The predicted octanol–water partition coefficient (Wildman–Crippen LogP) is 3.29. The van der Waals surface area contributed by atoms with Gasteiger partial charge in [0.2, 0.25) is 0 Å². The maximum atomic E-state index is 4.26. The summed E-state index contributed by atoms with van der Waals surface area (Å²) >= 11 is 8.33. The topological polar surface area (TPSA) is 0 Å². The molecule has 0 N–H and O–H groups in total. The molecule has 0 saturated heterocycles. The smallest absolute Gasteiger partial charge is 0.00219 e. The molecule has 0 aromatic heterocycles. The van der Waals surface area contributed by atoms with Crippen LogP contribution < -0.4 is 0 Å². The quantitative estimate of drug-likeness (QED) is 0.594. The standard InChI is InChI=1S/C5H12S2.2CH4/c1-2-5(7)3-4-6;;/h5-7H,2-4H2,1H3;2*1H4. The molecule has 0 nitrogen and oxygen atoms in total. The molecule has 0 fully saturated rings. The van der Waals surface area contributed by atoms with E-state index >= 15 is 0 Å². The lowest BCUT2D eigenvalue weighted by molar-refractivity contribution is 0.806. The molecule has 1 atom stereocenters. The predicted molar refractivity (Wildman–Crippen MR) is 55.0 cm³/mol. The molecule has 0 aliphatic rings. The van der Waals surface area contributed by atoms with E-state index < -0.39 is 0 Å². The average Bonchev–Trinajstić information content (AvgIpc) is 1.68. The zero-order chi connectivity index (χ0) is 5.70. The van der Waals surface area contributed by atoms with E-state index in [-0.39, 0.29) is 14.9 Å². The van der Waals surface area contributed by atoms with Gasteiger partial charge in [-0.05, 0) is 18.6 Å². The first-order valence-corrected chi connectivity index (χ1v) is 3.75. The van der Waals surface area contributed by atoms with Crippen LogP contribution in [0, 0.1) is 0 Å². The van der Waals surface area contributed by atoms with E-state index in [1.165, 1.54) is 0 Å². The molecule has 0 aromatic rings. The molecular formula is C7H20S2. The summed E-state index contributed by atoms with van der Waals surface area (Å²) in [5.41, 5.74) is 0. The van der Waals surface area contributed by atoms with Gasteiger partial charge in [-0.1, -0.05) is 21.8 Å². The van der Waals surface area contributed by atoms with Crippen LogP contribution in [0.5, 0.6) is 0 Å². The monoisotopic (exact) mass is 168 g/mol. The van der Waals surface area contributed by atoms with E-state index in [1.54, 1.807) is 0 Å². The highest BCUT2D eigenvalue weighted by molar-refractivity contribution is 7.81. The second-order valence-corrected chi connectivity index (χ2v) is 2.75. The normalized spacial score (nSPS) is 11.0. The highest BCUT2D eigenvalue weighted by Crippen LogP contribution is 2.05. The van der Waals surface area contributed by atoms with Gasteiger partial charge in [-0.15, -0.1) is 0 Å². The molecule has 0 aromatic carbocycles. The van der Waals surface area contributed by atoms with E-state index in [2.05, 4.69) is 32.2 Å². The van der Waals surface area contributed by atoms with E-state index in [9.17, 15) is 0 Å². The third-order valence-corrected chi connectivity index (χ3v) is 1.82. The fraction of sp³-hybridized carbons (Fsp3) is 1.00. The minimum Gasteiger partial charge on any atom is -0.179 e. The van der Waals surface area contributed by atoms with Crippen molar-refractivity contribution in [3.8, 4) is 0 Å². The summed E-state index contributed by atoms with van der Waals surface area (Å²) < 4.78 is 0. The van der Waals surface area contributed by atoms with Crippen molar-refractivity contribution >= 4 is 25.3 Å². The van der Waals surface area contributed by atoms with Gasteiger partial charge >= 0.3 is 0 Å². The van der Waals surface area contributed by atoms with Crippen molar-refractivity contribution in [2.45, 2.75) is 39.9 Å². The summed E-state index contributed by atoms with van der Waals surface area (Å²) in [4.78, 5) is 0. The lowest BCUT2D eigenvalue weighted by Gasteiger charge is -2.01.